The predicted molar refractivity (Wildman–Crippen MR) is 97.8 cm³/mol. The van der Waals surface area contributed by atoms with Crippen molar-refractivity contribution in [3.05, 3.63) is 35.9 Å². The first-order valence-corrected chi connectivity index (χ1v) is 9.61. The van der Waals surface area contributed by atoms with Gasteiger partial charge < -0.3 is 10.1 Å². The zero-order valence-corrected chi connectivity index (χ0v) is 15.8. The summed E-state index contributed by atoms with van der Waals surface area (Å²) in [4.78, 5) is 11.8. The molecule has 0 spiro atoms. The minimum atomic E-state index is -3.23. The molecule has 1 N–H and O–H groups in total. The van der Waals surface area contributed by atoms with Crippen molar-refractivity contribution >= 4 is 21.8 Å². The van der Waals surface area contributed by atoms with Crippen molar-refractivity contribution < 1.29 is 17.9 Å². The lowest BCUT2D eigenvalue weighted by Gasteiger charge is -2.18. The lowest BCUT2D eigenvalue weighted by Crippen LogP contribution is -2.36. The second kappa shape index (κ2) is 8.33. The Labute approximate surface area is 145 Å². The molecule has 0 fully saturated rings. The molecule has 0 unspecified atom stereocenters. The summed E-state index contributed by atoms with van der Waals surface area (Å²) in [5, 5.41) is 2.59. The molecule has 1 rings (SSSR count). The van der Waals surface area contributed by atoms with Crippen molar-refractivity contribution in [3.63, 3.8) is 0 Å². The molecule has 0 aromatic heterocycles. The number of sulfone groups is 1. The molecule has 0 saturated carbocycles. The topological polar surface area (TPSA) is 72.5 Å². The minimum absolute atomic E-state index is 0.0756. The van der Waals surface area contributed by atoms with Gasteiger partial charge in [0.15, 0.2) is 9.84 Å². The Hall–Kier alpha value is -1.82. The van der Waals surface area contributed by atoms with E-state index in [1.807, 2.05) is 38.1 Å². The van der Waals surface area contributed by atoms with Gasteiger partial charge in [-0.3, -0.25) is 4.79 Å². The van der Waals surface area contributed by atoms with Crippen molar-refractivity contribution in [3.8, 4) is 5.75 Å². The zero-order chi connectivity index (χ0) is 18.4. The number of nitrogens with one attached hydrogen (secondary N) is 1. The van der Waals surface area contributed by atoms with Gasteiger partial charge >= 0.3 is 0 Å². The fourth-order valence-corrected chi connectivity index (χ4v) is 2.79. The highest BCUT2D eigenvalue weighted by Gasteiger charge is 2.28. The average molecular weight is 353 g/mol. The average Bonchev–Trinajstić information content (AvgIpc) is 2.43. The molecule has 6 heteroatoms. The molecule has 0 aliphatic carbocycles. The zero-order valence-electron chi connectivity index (χ0n) is 15.0. The van der Waals surface area contributed by atoms with Crippen LogP contribution in [0.4, 0.5) is 0 Å². The molecule has 134 valence electrons. The number of carbonyl (C=O) groups excluding carboxylic acids is 1. The van der Waals surface area contributed by atoms with E-state index in [4.69, 9.17) is 4.74 Å². The van der Waals surface area contributed by atoms with Crippen LogP contribution in [0.25, 0.3) is 6.08 Å². The van der Waals surface area contributed by atoms with E-state index in [2.05, 4.69) is 5.32 Å². The van der Waals surface area contributed by atoms with Crippen LogP contribution in [-0.2, 0) is 14.6 Å². The minimum Gasteiger partial charge on any atom is -0.491 e. The molecule has 0 heterocycles. The van der Waals surface area contributed by atoms with E-state index in [0.717, 1.165) is 11.3 Å². The number of amides is 1. The summed E-state index contributed by atoms with van der Waals surface area (Å²) in [7, 11) is -3.23. The molecule has 0 bridgehead atoms. The Morgan fingerprint density at radius 3 is 2.54 bits per heavy atom. The summed E-state index contributed by atoms with van der Waals surface area (Å²) in [5.74, 6) is 0.339. The third kappa shape index (κ3) is 6.74. The molecule has 0 aliphatic rings. The SMILES string of the molecule is CC(C)Oc1cccc(/C=C/C(=O)NCCS(=O)(=O)C(C)(C)C)c1. The highest BCUT2D eigenvalue weighted by molar-refractivity contribution is 7.92. The molecule has 24 heavy (non-hydrogen) atoms. The van der Waals surface area contributed by atoms with E-state index in [-0.39, 0.29) is 24.3 Å². The molecule has 5 nitrogen and oxygen atoms in total. The fourth-order valence-electron chi connectivity index (χ4n) is 1.81. The maximum Gasteiger partial charge on any atom is 0.244 e. The van der Waals surface area contributed by atoms with Gasteiger partial charge in [-0.1, -0.05) is 12.1 Å². The Morgan fingerprint density at radius 1 is 1.29 bits per heavy atom. The van der Waals surface area contributed by atoms with Gasteiger partial charge in [0.1, 0.15) is 5.75 Å². The van der Waals surface area contributed by atoms with Gasteiger partial charge in [-0.05, 0) is 58.4 Å². The van der Waals surface area contributed by atoms with Crippen molar-refractivity contribution in [1.29, 1.82) is 0 Å². The number of rotatable bonds is 7. The monoisotopic (exact) mass is 353 g/mol. The Balaban J connectivity index is 2.55. The molecule has 1 aromatic carbocycles. The number of ether oxygens (including phenoxy) is 1. The normalized spacial score (nSPS) is 12.6. The molecule has 0 radical (unpaired) electrons. The van der Waals surface area contributed by atoms with Gasteiger partial charge in [0.2, 0.25) is 5.91 Å². The molecule has 1 amide bonds. The molecule has 1 aromatic rings. The number of hydrogen-bond donors (Lipinski definition) is 1. The van der Waals surface area contributed by atoms with E-state index in [0.29, 0.717) is 0 Å². The van der Waals surface area contributed by atoms with Crippen LogP contribution in [0.1, 0.15) is 40.2 Å². The summed E-state index contributed by atoms with van der Waals surface area (Å²) in [6, 6.07) is 7.41. The van der Waals surface area contributed by atoms with E-state index in [9.17, 15) is 13.2 Å². The fraction of sp³-hybridized carbons (Fsp3) is 0.500. The van der Waals surface area contributed by atoms with Gasteiger partial charge in [-0.2, -0.15) is 0 Å². The van der Waals surface area contributed by atoms with Gasteiger partial charge in [0.05, 0.1) is 16.6 Å². The lowest BCUT2D eigenvalue weighted by atomic mass is 10.2. The van der Waals surface area contributed by atoms with E-state index in [1.54, 1.807) is 26.8 Å². The third-order valence-electron chi connectivity index (χ3n) is 3.26. The molecule has 0 atom stereocenters. The highest BCUT2D eigenvalue weighted by atomic mass is 32.2. The van der Waals surface area contributed by atoms with Gasteiger partial charge in [0.25, 0.3) is 0 Å². The van der Waals surface area contributed by atoms with Gasteiger partial charge in [0, 0.05) is 12.6 Å². The van der Waals surface area contributed by atoms with Crippen LogP contribution in [0.5, 0.6) is 5.75 Å². The molecular weight excluding hydrogens is 326 g/mol. The first-order valence-electron chi connectivity index (χ1n) is 7.96. The van der Waals surface area contributed by atoms with Crippen LogP contribution in [0, 0.1) is 0 Å². The number of hydrogen-bond acceptors (Lipinski definition) is 4. The number of benzene rings is 1. The third-order valence-corrected chi connectivity index (χ3v) is 5.87. The first-order chi connectivity index (χ1) is 11.0. The van der Waals surface area contributed by atoms with Crippen LogP contribution in [0.3, 0.4) is 0 Å². The Bertz CT molecular complexity index is 685. The Morgan fingerprint density at radius 2 is 1.96 bits per heavy atom. The van der Waals surface area contributed by atoms with Crippen LogP contribution in [-0.4, -0.2) is 37.5 Å². The smallest absolute Gasteiger partial charge is 0.244 e. The highest BCUT2D eigenvalue weighted by Crippen LogP contribution is 2.16. The Kier molecular flexibility index (Phi) is 7.02. The number of carbonyl (C=O) groups is 1. The second-order valence-electron chi connectivity index (χ2n) is 6.79. The van der Waals surface area contributed by atoms with Gasteiger partial charge in [-0.25, -0.2) is 8.42 Å². The van der Waals surface area contributed by atoms with Crippen LogP contribution in [0.2, 0.25) is 0 Å². The van der Waals surface area contributed by atoms with Crippen LogP contribution < -0.4 is 10.1 Å². The van der Waals surface area contributed by atoms with Crippen molar-refractivity contribution in [2.45, 2.75) is 45.5 Å². The van der Waals surface area contributed by atoms with E-state index >= 15 is 0 Å². The summed E-state index contributed by atoms with van der Waals surface area (Å²) in [5.41, 5.74) is 0.839. The predicted octanol–water partition coefficient (Wildman–Crippen LogP) is 2.82. The summed E-state index contributed by atoms with van der Waals surface area (Å²) in [6.07, 6.45) is 3.14. The summed E-state index contributed by atoms with van der Waals surface area (Å²) in [6.45, 7) is 8.94. The molecular formula is C18H27NO4S. The van der Waals surface area contributed by atoms with Crippen molar-refractivity contribution in [2.75, 3.05) is 12.3 Å². The van der Waals surface area contributed by atoms with Crippen LogP contribution in [0.15, 0.2) is 30.3 Å². The maximum atomic E-state index is 12.0. The van der Waals surface area contributed by atoms with Crippen molar-refractivity contribution in [1.82, 2.24) is 5.32 Å². The van der Waals surface area contributed by atoms with E-state index in [1.165, 1.54) is 6.08 Å². The summed E-state index contributed by atoms with van der Waals surface area (Å²) >= 11 is 0. The second-order valence-corrected chi connectivity index (χ2v) is 9.66. The standard InChI is InChI=1S/C18H27NO4S/c1-14(2)23-16-8-6-7-15(13-16)9-10-17(20)19-11-12-24(21,22)18(3,4)5/h6-10,13-14H,11-12H2,1-5H3,(H,19,20)/b10-9+. The lowest BCUT2D eigenvalue weighted by molar-refractivity contribution is -0.116. The molecule has 0 saturated heterocycles. The summed E-state index contributed by atoms with van der Waals surface area (Å²) < 4.78 is 28.7. The largest absolute Gasteiger partial charge is 0.491 e. The first kappa shape index (κ1) is 20.2. The van der Waals surface area contributed by atoms with Crippen LogP contribution >= 0.6 is 0 Å². The maximum absolute atomic E-state index is 12.0. The van der Waals surface area contributed by atoms with Crippen molar-refractivity contribution in [2.24, 2.45) is 0 Å². The van der Waals surface area contributed by atoms with E-state index < -0.39 is 14.6 Å². The van der Waals surface area contributed by atoms with Gasteiger partial charge in [-0.15, -0.1) is 0 Å². The quantitative estimate of drug-likeness (QED) is 0.765. The molecule has 0 aliphatic heterocycles.